The van der Waals surface area contributed by atoms with E-state index in [4.69, 9.17) is 16.3 Å². The first kappa shape index (κ1) is 23.2. The van der Waals surface area contributed by atoms with Crippen molar-refractivity contribution >= 4 is 46.9 Å². The second-order valence-corrected chi connectivity index (χ2v) is 9.44. The van der Waals surface area contributed by atoms with Gasteiger partial charge in [-0.2, -0.15) is 0 Å². The molecule has 0 bridgehead atoms. The molecule has 2 heterocycles. The minimum Gasteiger partial charge on any atom is -0.444 e. The summed E-state index contributed by atoms with van der Waals surface area (Å²) in [6, 6.07) is 9.03. The first-order valence-electron chi connectivity index (χ1n) is 10.00. The van der Waals surface area contributed by atoms with Crippen LogP contribution in [-0.2, 0) is 4.74 Å². The van der Waals surface area contributed by atoms with Gasteiger partial charge in [-0.15, -0.1) is 11.8 Å². The fourth-order valence-corrected chi connectivity index (χ4v) is 3.75. The van der Waals surface area contributed by atoms with Gasteiger partial charge in [0.15, 0.2) is 0 Å². The van der Waals surface area contributed by atoms with Crippen LogP contribution in [0.3, 0.4) is 0 Å². The summed E-state index contributed by atoms with van der Waals surface area (Å²) >= 11 is 7.72. The van der Waals surface area contributed by atoms with Crippen molar-refractivity contribution in [2.75, 3.05) is 42.7 Å². The van der Waals surface area contributed by atoms with E-state index in [1.807, 2.05) is 39.2 Å². The number of carbonyl (C=O) groups is 2. The maximum atomic E-state index is 12.6. The molecule has 166 valence electrons. The van der Waals surface area contributed by atoms with Crippen molar-refractivity contribution in [1.29, 1.82) is 0 Å². The third kappa shape index (κ3) is 6.27. The normalized spacial score (nSPS) is 14.4. The van der Waals surface area contributed by atoms with Gasteiger partial charge in [0.1, 0.15) is 11.4 Å². The quantitative estimate of drug-likeness (QED) is 0.660. The number of anilines is 2. The van der Waals surface area contributed by atoms with Gasteiger partial charge in [-0.3, -0.25) is 4.79 Å². The van der Waals surface area contributed by atoms with Crippen LogP contribution in [0.2, 0.25) is 5.02 Å². The van der Waals surface area contributed by atoms with Gasteiger partial charge in [-0.1, -0.05) is 11.6 Å². The Labute approximate surface area is 192 Å². The number of nitrogens with one attached hydrogen (secondary N) is 1. The third-order valence-corrected chi connectivity index (χ3v) is 5.76. The van der Waals surface area contributed by atoms with Gasteiger partial charge in [-0.05, 0) is 57.4 Å². The van der Waals surface area contributed by atoms with Crippen LogP contribution in [0, 0.1) is 0 Å². The predicted molar refractivity (Wildman–Crippen MR) is 125 cm³/mol. The fourth-order valence-electron chi connectivity index (χ4n) is 3.11. The standard InChI is InChI=1S/C22H27ClN4O3S/c1-22(2,3)30-21(29)27-11-9-26(10-12-27)15-5-8-19(24-14-15)25-20(28)17-13-16(31-4)6-7-18(17)23/h5-8,13-14H,9-12H2,1-4H3,(H,24,25,28). The Kier molecular flexibility index (Phi) is 7.33. The molecule has 1 aromatic heterocycles. The van der Waals surface area contributed by atoms with E-state index in [0.29, 0.717) is 42.6 Å². The summed E-state index contributed by atoms with van der Waals surface area (Å²) in [4.78, 5) is 34.0. The Morgan fingerprint density at radius 3 is 2.42 bits per heavy atom. The summed E-state index contributed by atoms with van der Waals surface area (Å²) in [6.07, 6.45) is 3.38. The summed E-state index contributed by atoms with van der Waals surface area (Å²) in [5.41, 5.74) is 0.848. The highest BCUT2D eigenvalue weighted by Gasteiger charge is 2.26. The average molecular weight is 463 g/mol. The smallest absolute Gasteiger partial charge is 0.410 e. The Bertz CT molecular complexity index is 939. The highest BCUT2D eigenvalue weighted by atomic mass is 35.5. The highest BCUT2D eigenvalue weighted by molar-refractivity contribution is 7.98. The number of carbonyl (C=O) groups excluding carboxylic acids is 2. The largest absolute Gasteiger partial charge is 0.444 e. The van der Waals surface area contributed by atoms with E-state index in [1.54, 1.807) is 41.1 Å². The van der Waals surface area contributed by atoms with Gasteiger partial charge >= 0.3 is 6.09 Å². The van der Waals surface area contributed by atoms with E-state index >= 15 is 0 Å². The second kappa shape index (κ2) is 9.78. The van der Waals surface area contributed by atoms with Gasteiger partial charge in [-0.25, -0.2) is 9.78 Å². The second-order valence-electron chi connectivity index (χ2n) is 8.16. The van der Waals surface area contributed by atoms with E-state index < -0.39 is 5.60 Å². The Balaban J connectivity index is 1.57. The SMILES string of the molecule is CSc1ccc(Cl)c(C(=O)Nc2ccc(N3CCN(C(=O)OC(C)(C)C)CC3)cn2)c1. The van der Waals surface area contributed by atoms with Crippen LogP contribution in [0.1, 0.15) is 31.1 Å². The third-order valence-electron chi connectivity index (χ3n) is 4.70. The monoisotopic (exact) mass is 462 g/mol. The summed E-state index contributed by atoms with van der Waals surface area (Å²) in [5.74, 6) is 0.152. The number of ether oxygens (including phenoxy) is 1. The number of hydrogen-bond donors (Lipinski definition) is 1. The lowest BCUT2D eigenvalue weighted by Crippen LogP contribution is -2.50. The van der Waals surface area contributed by atoms with Gasteiger partial charge in [0.25, 0.3) is 5.91 Å². The van der Waals surface area contributed by atoms with E-state index in [9.17, 15) is 9.59 Å². The minimum absolute atomic E-state index is 0.285. The summed E-state index contributed by atoms with van der Waals surface area (Å²) in [6.45, 7) is 8.12. The number of piperazine rings is 1. The van der Waals surface area contributed by atoms with Crippen molar-refractivity contribution < 1.29 is 14.3 Å². The number of benzene rings is 1. The van der Waals surface area contributed by atoms with E-state index in [2.05, 4.69) is 15.2 Å². The van der Waals surface area contributed by atoms with Crippen LogP contribution in [0.4, 0.5) is 16.3 Å². The Morgan fingerprint density at radius 2 is 1.84 bits per heavy atom. The van der Waals surface area contributed by atoms with Crippen molar-refractivity contribution in [2.24, 2.45) is 0 Å². The van der Waals surface area contributed by atoms with Gasteiger partial charge < -0.3 is 19.9 Å². The van der Waals surface area contributed by atoms with Crippen LogP contribution >= 0.6 is 23.4 Å². The van der Waals surface area contributed by atoms with Crippen LogP contribution in [0.5, 0.6) is 0 Å². The number of aromatic nitrogens is 1. The van der Waals surface area contributed by atoms with Crippen LogP contribution in [0.15, 0.2) is 41.4 Å². The number of rotatable bonds is 4. The molecule has 0 spiro atoms. The summed E-state index contributed by atoms with van der Waals surface area (Å²) < 4.78 is 5.44. The maximum absolute atomic E-state index is 12.6. The molecule has 1 aromatic carbocycles. The highest BCUT2D eigenvalue weighted by Crippen LogP contribution is 2.24. The van der Waals surface area contributed by atoms with Crippen molar-refractivity contribution in [3.63, 3.8) is 0 Å². The van der Waals surface area contributed by atoms with Crippen LogP contribution in [0.25, 0.3) is 0 Å². The Morgan fingerprint density at radius 1 is 1.13 bits per heavy atom. The van der Waals surface area contributed by atoms with Gasteiger partial charge in [0.2, 0.25) is 0 Å². The molecular weight excluding hydrogens is 436 g/mol. The van der Waals surface area contributed by atoms with Crippen LogP contribution < -0.4 is 10.2 Å². The number of hydrogen-bond acceptors (Lipinski definition) is 6. The summed E-state index contributed by atoms with van der Waals surface area (Å²) in [7, 11) is 0. The number of halogens is 1. The molecule has 7 nitrogen and oxygen atoms in total. The molecule has 1 N–H and O–H groups in total. The maximum Gasteiger partial charge on any atom is 0.410 e. The number of amides is 2. The molecule has 1 saturated heterocycles. The zero-order chi connectivity index (χ0) is 22.6. The van der Waals surface area contributed by atoms with Crippen molar-refractivity contribution in [2.45, 2.75) is 31.3 Å². The predicted octanol–water partition coefficient (Wildman–Crippen LogP) is 4.77. The van der Waals surface area contributed by atoms with E-state index in [-0.39, 0.29) is 12.0 Å². The molecule has 9 heteroatoms. The van der Waals surface area contributed by atoms with Crippen molar-refractivity contribution in [3.8, 4) is 0 Å². The molecule has 1 aliphatic rings. The molecule has 0 aliphatic carbocycles. The van der Waals surface area contributed by atoms with Gasteiger partial charge in [0, 0.05) is 31.1 Å². The lowest BCUT2D eigenvalue weighted by molar-refractivity contribution is 0.0240. The molecule has 31 heavy (non-hydrogen) atoms. The summed E-state index contributed by atoms with van der Waals surface area (Å²) in [5, 5.41) is 3.19. The molecule has 3 rings (SSSR count). The molecule has 0 saturated carbocycles. The zero-order valence-electron chi connectivity index (χ0n) is 18.1. The fraction of sp³-hybridized carbons (Fsp3) is 0.409. The lowest BCUT2D eigenvalue weighted by atomic mass is 10.2. The van der Waals surface area contributed by atoms with E-state index in [0.717, 1.165) is 10.6 Å². The first-order chi connectivity index (χ1) is 14.7. The molecule has 0 atom stereocenters. The molecule has 2 amide bonds. The number of thioether (sulfide) groups is 1. The molecule has 2 aromatic rings. The molecule has 0 unspecified atom stereocenters. The number of pyridine rings is 1. The lowest BCUT2D eigenvalue weighted by Gasteiger charge is -2.36. The van der Waals surface area contributed by atoms with E-state index in [1.165, 1.54) is 0 Å². The average Bonchev–Trinajstić information content (AvgIpc) is 2.73. The Hall–Kier alpha value is -2.45. The van der Waals surface area contributed by atoms with Crippen LogP contribution in [-0.4, -0.2) is 59.9 Å². The molecule has 1 aliphatic heterocycles. The molecule has 0 radical (unpaired) electrons. The first-order valence-corrected chi connectivity index (χ1v) is 11.6. The minimum atomic E-state index is -0.501. The van der Waals surface area contributed by atoms with Crippen molar-refractivity contribution in [3.05, 3.63) is 47.1 Å². The number of nitrogens with zero attached hydrogens (tertiary/aromatic N) is 3. The topological polar surface area (TPSA) is 74.8 Å². The molecule has 1 fully saturated rings. The van der Waals surface area contributed by atoms with Gasteiger partial charge in [0.05, 0.1) is 22.5 Å². The van der Waals surface area contributed by atoms with Crippen molar-refractivity contribution in [1.82, 2.24) is 9.88 Å². The molecular formula is C22H27ClN4O3S. The zero-order valence-corrected chi connectivity index (χ0v) is 19.7.